The summed E-state index contributed by atoms with van der Waals surface area (Å²) in [6.45, 7) is 3.54. The van der Waals surface area contributed by atoms with Crippen molar-refractivity contribution in [2.45, 2.75) is 50.7 Å². The summed E-state index contributed by atoms with van der Waals surface area (Å²) in [5.74, 6) is -0.206. The number of alkyl halides is 3. The molecule has 3 heterocycles. The van der Waals surface area contributed by atoms with Gasteiger partial charge in [0.15, 0.2) is 5.65 Å². The Morgan fingerprint density at radius 2 is 1.90 bits per heavy atom. The molecule has 1 N–H and O–H groups in total. The minimum atomic E-state index is -4.53. The number of likely N-dealkylation sites (N-methyl/N-ethyl adjacent to an activating group) is 1. The molecule has 1 saturated heterocycles. The van der Waals surface area contributed by atoms with Crippen LogP contribution in [0.5, 0.6) is 5.75 Å². The topological polar surface area (TPSA) is 67.1 Å². The molecule has 5 rings (SSSR count). The van der Waals surface area contributed by atoms with Gasteiger partial charge in [0.25, 0.3) is 0 Å². The SMILES string of the molecule is Cc1cc(C(F)(F)F)cc(O)c1-c1nnc2c(ncn2[C@@H]2CCCN(C)C2)c1C1CC1. The molecule has 3 aromatic rings. The van der Waals surface area contributed by atoms with Gasteiger partial charge in [-0.3, -0.25) is 0 Å². The van der Waals surface area contributed by atoms with Gasteiger partial charge in [0, 0.05) is 23.7 Å². The lowest BCUT2D eigenvalue weighted by Crippen LogP contribution is -2.33. The number of piperidine rings is 1. The van der Waals surface area contributed by atoms with Gasteiger partial charge in [-0.25, -0.2) is 4.98 Å². The van der Waals surface area contributed by atoms with E-state index < -0.39 is 17.5 Å². The number of halogens is 3. The second-order valence-corrected chi connectivity index (χ2v) is 8.80. The zero-order valence-electron chi connectivity index (χ0n) is 17.4. The molecule has 0 unspecified atom stereocenters. The Morgan fingerprint density at radius 1 is 1.13 bits per heavy atom. The zero-order valence-corrected chi connectivity index (χ0v) is 17.4. The number of rotatable bonds is 3. The first-order valence-corrected chi connectivity index (χ1v) is 10.6. The maximum Gasteiger partial charge on any atom is 0.416 e. The molecule has 0 amide bonds. The van der Waals surface area contributed by atoms with Gasteiger partial charge in [0.2, 0.25) is 0 Å². The quantitative estimate of drug-likeness (QED) is 0.653. The van der Waals surface area contributed by atoms with E-state index in [1.54, 1.807) is 13.3 Å². The highest BCUT2D eigenvalue weighted by atomic mass is 19.4. The summed E-state index contributed by atoms with van der Waals surface area (Å²) in [6, 6.07) is 2.08. The lowest BCUT2D eigenvalue weighted by Gasteiger charge is -2.30. The first-order chi connectivity index (χ1) is 14.7. The highest BCUT2D eigenvalue weighted by molar-refractivity contribution is 5.86. The largest absolute Gasteiger partial charge is 0.507 e. The Labute approximate surface area is 177 Å². The number of imidazole rings is 1. The van der Waals surface area contributed by atoms with Crippen molar-refractivity contribution < 1.29 is 18.3 Å². The molecule has 1 saturated carbocycles. The smallest absolute Gasteiger partial charge is 0.416 e. The Bertz CT molecular complexity index is 1130. The average Bonchev–Trinajstić information content (AvgIpc) is 3.44. The molecule has 31 heavy (non-hydrogen) atoms. The second-order valence-electron chi connectivity index (χ2n) is 8.80. The molecule has 1 atom stereocenters. The number of hydrogen-bond donors (Lipinski definition) is 1. The van der Waals surface area contributed by atoms with Crippen LogP contribution in [0.3, 0.4) is 0 Å². The first kappa shape index (κ1) is 20.2. The average molecular weight is 431 g/mol. The Kier molecular flexibility index (Phi) is 4.69. The maximum absolute atomic E-state index is 13.2. The third kappa shape index (κ3) is 3.54. The summed E-state index contributed by atoms with van der Waals surface area (Å²) in [5.41, 5.74) is 2.50. The van der Waals surface area contributed by atoms with Crippen LogP contribution in [0.25, 0.3) is 22.4 Å². The van der Waals surface area contributed by atoms with E-state index in [0.29, 0.717) is 22.5 Å². The van der Waals surface area contributed by atoms with Crippen LogP contribution in [0, 0.1) is 6.92 Å². The van der Waals surface area contributed by atoms with Crippen LogP contribution in [0.4, 0.5) is 13.2 Å². The van der Waals surface area contributed by atoms with Gasteiger partial charge < -0.3 is 14.6 Å². The van der Waals surface area contributed by atoms with Crippen molar-refractivity contribution in [2.75, 3.05) is 20.1 Å². The van der Waals surface area contributed by atoms with Crippen molar-refractivity contribution in [3.63, 3.8) is 0 Å². The Balaban J connectivity index is 1.65. The fraction of sp³-hybridized carbons (Fsp3) is 0.500. The second kappa shape index (κ2) is 7.19. The van der Waals surface area contributed by atoms with Crippen molar-refractivity contribution in [2.24, 2.45) is 0 Å². The highest BCUT2D eigenvalue weighted by Gasteiger charge is 2.36. The van der Waals surface area contributed by atoms with E-state index in [2.05, 4.69) is 31.7 Å². The number of benzene rings is 1. The van der Waals surface area contributed by atoms with Crippen LogP contribution in [0.15, 0.2) is 18.5 Å². The van der Waals surface area contributed by atoms with Gasteiger partial charge in [-0.1, -0.05) is 0 Å². The lowest BCUT2D eigenvalue weighted by molar-refractivity contribution is -0.137. The third-order valence-corrected chi connectivity index (χ3v) is 6.38. The van der Waals surface area contributed by atoms with Gasteiger partial charge in [-0.05, 0) is 69.8 Å². The van der Waals surface area contributed by atoms with Crippen LogP contribution in [0.2, 0.25) is 0 Å². The number of aromatic nitrogens is 4. The number of aromatic hydroxyl groups is 1. The normalized spacial score (nSPS) is 20.5. The molecule has 2 aliphatic rings. The first-order valence-electron chi connectivity index (χ1n) is 10.6. The molecule has 164 valence electrons. The van der Waals surface area contributed by atoms with Crippen molar-refractivity contribution in [3.05, 3.63) is 35.2 Å². The number of phenolic OH excluding ortho intramolecular Hbond substituents is 1. The van der Waals surface area contributed by atoms with Gasteiger partial charge in [-0.15, -0.1) is 10.2 Å². The van der Waals surface area contributed by atoms with E-state index in [1.807, 2.05) is 0 Å². The van der Waals surface area contributed by atoms with Crippen molar-refractivity contribution in [1.82, 2.24) is 24.6 Å². The predicted molar refractivity (Wildman–Crippen MR) is 110 cm³/mol. The summed E-state index contributed by atoms with van der Waals surface area (Å²) in [5, 5.41) is 19.4. The molecule has 1 aliphatic carbocycles. The van der Waals surface area contributed by atoms with E-state index in [0.717, 1.165) is 62.0 Å². The van der Waals surface area contributed by atoms with Crippen molar-refractivity contribution >= 4 is 11.2 Å². The van der Waals surface area contributed by atoms with Gasteiger partial charge in [0.1, 0.15) is 17.0 Å². The van der Waals surface area contributed by atoms with Crippen molar-refractivity contribution in [3.8, 4) is 17.0 Å². The van der Waals surface area contributed by atoms with E-state index in [4.69, 9.17) is 0 Å². The molecule has 9 heteroatoms. The summed E-state index contributed by atoms with van der Waals surface area (Å²) < 4.78 is 41.6. The summed E-state index contributed by atoms with van der Waals surface area (Å²) in [6.07, 6.45) is 1.34. The number of hydrogen-bond acceptors (Lipinski definition) is 5. The molecular weight excluding hydrogens is 407 g/mol. The van der Waals surface area contributed by atoms with Crippen LogP contribution in [-0.4, -0.2) is 49.9 Å². The van der Waals surface area contributed by atoms with Crippen LogP contribution < -0.4 is 0 Å². The Morgan fingerprint density at radius 3 is 2.55 bits per heavy atom. The zero-order chi connectivity index (χ0) is 21.9. The van der Waals surface area contributed by atoms with E-state index in [-0.39, 0.29) is 12.0 Å². The van der Waals surface area contributed by atoms with Crippen LogP contribution in [-0.2, 0) is 6.18 Å². The van der Waals surface area contributed by atoms with Crippen molar-refractivity contribution in [1.29, 1.82) is 0 Å². The van der Waals surface area contributed by atoms with Gasteiger partial charge in [-0.2, -0.15) is 13.2 Å². The van der Waals surface area contributed by atoms with Crippen LogP contribution >= 0.6 is 0 Å². The molecule has 1 aliphatic heterocycles. The number of likely N-dealkylation sites (tertiary alicyclic amines) is 1. The molecule has 0 radical (unpaired) electrons. The molecule has 0 bridgehead atoms. The predicted octanol–water partition coefficient (Wildman–Crippen LogP) is 4.67. The van der Waals surface area contributed by atoms with E-state index in [9.17, 15) is 18.3 Å². The molecule has 1 aromatic carbocycles. The van der Waals surface area contributed by atoms with Crippen LogP contribution in [0.1, 0.15) is 54.3 Å². The fourth-order valence-electron chi connectivity index (χ4n) is 4.72. The maximum atomic E-state index is 13.2. The minimum absolute atomic E-state index is 0.228. The summed E-state index contributed by atoms with van der Waals surface area (Å²) >= 11 is 0. The van der Waals surface area contributed by atoms with E-state index in [1.165, 1.54) is 0 Å². The monoisotopic (exact) mass is 431 g/mol. The molecule has 6 nitrogen and oxygen atoms in total. The van der Waals surface area contributed by atoms with Gasteiger partial charge in [0.05, 0.1) is 11.9 Å². The molecule has 0 spiro atoms. The number of fused-ring (bicyclic) bond motifs is 1. The lowest BCUT2D eigenvalue weighted by atomic mass is 9.95. The van der Waals surface area contributed by atoms with E-state index >= 15 is 0 Å². The Hall–Kier alpha value is -2.68. The summed E-state index contributed by atoms with van der Waals surface area (Å²) in [7, 11) is 2.10. The number of aryl methyl sites for hydroxylation is 1. The molecule has 2 aromatic heterocycles. The van der Waals surface area contributed by atoms with Gasteiger partial charge >= 0.3 is 6.18 Å². The number of nitrogens with zero attached hydrogens (tertiary/aromatic N) is 5. The summed E-state index contributed by atoms with van der Waals surface area (Å²) in [4.78, 5) is 6.95. The minimum Gasteiger partial charge on any atom is -0.507 e. The highest BCUT2D eigenvalue weighted by Crippen LogP contribution is 2.49. The standard InChI is InChI=1S/C22H24F3N5O/c1-12-8-14(22(23,24)25)9-16(31)17(12)19-18(13-5-6-13)20-21(28-27-19)30(11-26-20)15-4-3-7-29(2)10-15/h8-9,11,13,15,31H,3-7,10H2,1-2H3/t15-/m1/s1. The number of phenols is 1. The third-order valence-electron chi connectivity index (χ3n) is 6.38. The molecule has 2 fully saturated rings. The molecular formula is C22H24F3N5O. The fourth-order valence-corrected chi connectivity index (χ4v) is 4.72.